The second kappa shape index (κ2) is 9.22. The number of likely N-dealkylation sites (tertiary alicyclic amines) is 1. The smallest absolute Gasteiger partial charge is 0.228 e. The molecule has 0 unspecified atom stereocenters. The molecule has 0 saturated carbocycles. The lowest BCUT2D eigenvalue weighted by Crippen LogP contribution is -2.45. The van der Waals surface area contributed by atoms with Crippen LogP contribution in [0.4, 0.5) is 0 Å². The van der Waals surface area contributed by atoms with Crippen LogP contribution in [0.2, 0.25) is 0 Å². The lowest BCUT2D eigenvalue weighted by atomic mass is 10.00. The van der Waals surface area contributed by atoms with E-state index in [0.29, 0.717) is 24.7 Å². The molecule has 1 N–H and O–H groups in total. The Hall–Kier alpha value is -0.860. The van der Waals surface area contributed by atoms with Gasteiger partial charge in [0.15, 0.2) is 11.8 Å². The molecule has 2 heterocycles. The van der Waals surface area contributed by atoms with Crippen molar-refractivity contribution < 1.29 is 4.52 Å². The Bertz CT molecular complexity index is 440. The number of aliphatic imine (C=N–C) groups is 1. The molecular formula is C14H26IN5O. The summed E-state index contributed by atoms with van der Waals surface area (Å²) < 4.78 is 5.10. The van der Waals surface area contributed by atoms with Gasteiger partial charge in [-0.25, -0.2) is 0 Å². The summed E-state index contributed by atoms with van der Waals surface area (Å²) in [7, 11) is 0. The average Bonchev–Trinajstić information content (AvgIpc) is 2.84. The fourth-order valence-electron chi connectivity index (χ4n) is 2.35. The molecule has 0 aromatic carbocycles. The van der Waals surface area contributed by atoms with Crippen molar-refractivity contribution in [3.63, 3.8) is 0 Å². The van der Waals surface area contributed by atoms with E-state index in [2.05, 4.69) is 39.2 Å². The van der Waals surface area contributed by atoms with Crippen molar-refractivity contribution in [1.82, 2.24) is 20.4 Å². The average molecular weight is 407 g/mol. The second-order valence-corrected chi connectivity index (χ2v) is 5.39. The van der Waals surface area contributed by atoms with Crippen molar-refractivity contribution >= 4 is 29.9 Å². The Morgan fingerprint density at radius 1 is 1.43 bits per heavy atom. The van der Waals surface area contributed by atoms with Crippen LogP contribution in [0, 0.1) is 12.8 Å². The van der Waals surface area contributed by atoms with Crippen LogP contribution in [-0.4, -0.2) is 47.2 Å². The van der Waals surface area contributed by atoms with Crippen LogP contribution in [0.1, 0.15) is 38.4 Å². The third-order valence-electron chi connectivity index (χ3n) is 3.57. The number of hydrogen-bond acceptors (Lipinski definition) is 4. The van der Waals surface area contributed by atoms with Crippen LogP contribution in [0.15, 0.2) is 9.52 Å². The molecule has 0 spiro atoms. The first kappa shape index (κ1) is 18.2. The number of hydrogen-bond donors (Lipinski definition) is 1. The molecule has 7 heteroatoms. The molecule has 0 amide bonds. The largest absolute Gasteiger partial charge is 0.357 e. The summed E-state index contributed by atoms with van der Waals surface area (Å²) in [4.78, 5) is 11.2. The van der Waals surface area contributed by atoms with Gasteiger partial charge < -0.3 is 14.7 Å². The minimum atomic E-state index is 0. The van der Waals surface area contributed by atoms with E-state index in [4.69, 9.17) is 4.52 Å². The predicted molar refractivity (Wildman–Crippen MR) is 94.1 cm³/mol. The fourth-order valence-corrected chi connectivity index (χ4v) is 2.35. The van der Waals surface area contributed by atoms with Crippen LogP contribution in [-0.2, 0) is 6.42 Å². The molecular weight excluding hydrogens is 381 g/mol. The SMILES string of the molecule is CCNC(=NCCc1nc(C)no1)N1CCC(C)CC1.I. The van der Waals surface area contributed by atoms with Crippen molar-refractivity contribution in [3.8, 4) is 0 Å². The molecule has 0 aliphatic carbocycles. The zero-order valence-corrected chi connectivity index (χ0v) is 15.5. The van der Waals surface area contributed by atoms with Gasteiger partial charge in [0.05, 0.1) is 6.54 Å². The summed E-state index contributed by atoms with van der Waals surface area (Å²) in [5, 5.41) is 7.16. The molecule has 0 radical (unpaired) electrons. The summed E-state index contributed by atoms with van der Waals surface area (Å²) in [5.74, 6) is 3.18. The van der Waals surface area contributed by atoms with Crippen molar-refractivity contribution in [1.29, 1.82) is 0 Å². The van der Waals surface area contributed by atoms with E-state index >= 15 is 0 Å². The molecule has 0 atom stereocenters. The van der Waals surface area contributed by atoms with E-state index in [1.54, 1.807) is 0 Å². The molecule has 1 saturated heterocycles. The predicted octanol–water partition coefficient (Wildman–Crippen LogP) is 2.24. The first-order valence-corrected chi connectivity index (χ1v) is 7.51. The number of rotatable bonds is 4. The fraction of sp³-hybridized carbons (Fsp3) is 0.786. The Morgan fingerprint density at radius 3 is 2.71 bits per heavy atom. The van der Waals surface area contributed by atoms with Gasteiger partial charge in [-0.15, -0.1) is 24.0 Å². The van der Waals surface area contributed by atoms with Crippen LogP contribution < -0.4 is 5.32 Å². The summed E-state index contributed by atoms with van der Waals surface area (Å²) in [6.45, 7) is 10.00. The molecule has 2 rings (SSSR count). The highest BCUT2D eigenvalue weighted by Crippen LogP contribution is 2.15. The molecule has 21 heavy (non-hydrogen) atoms. The number of nitrogens with one attached hydrogen (secondary N) is 1. The first-order chi connectivity index (χ1) is 9.69. The quantitative estimate of drug-likeness (QED) is 0.471. The van der Waals surface area contributed by atoms with Gasteiger partial charge in [-0.1, -0.05) is 12.1 Å². The molecule has 1 aromatic heterocycles. The number of aromatic nitrogens is 2. The topological polar surface area (TPSA) is 66.5 Å². The van der Waals surface area contributed by atoms with E-state index in [1.165, 1.54) is 12.8 Å². The first-order valence-electron chi connectivity index (χ1n) is 7.51. The lowest BCUT2D eigenvalue weighted by molar-refractivity contribution is 0.273. The van der Waals surface area contributed by atoms with Crippen LogP contribution in [0.25, 0.3) is 0 Å². The van der Waals surface area contributed by atoms with Crippen LogP contribution in [0.5, 0.6) is 0 Å². The molecule has 6 nitrogen and oxygen atoms in total. The minimum Gasteiger partial charge on any atom is -0.357 e. The number of nitrogens with zero attached hydrogens (tertiary/aromatic N) is 4. The highest BCUT2D eigenvalue weighted by atomic mass is 127. The highest BCUT2D eigenvalue weighted by molar-refractivity contribution is 14.0. The van der Waals surface area contributed by atoms with Gasteiger partial charge in [-0.3, -0.25) is 4.99 Å². The lowest BCUT2D eigenvalue weighted by Gasteiger charge is -2.32. The molecule has 1 aliphatic rings. The normalized spacial score (nSPS) is 16.7. The number of piperidine rings is 1. The number of aryl methyl sites for hydroxylation is 1. The van der Waals surface area contributed by atoms with Gasteiger partial charge in [-0.05, 0) is 32.6 Å². The standard InChI is InChI=1S/C14H25N5O.HI/c1-4-15-14(19-9-6-11(2)7-10-19)16-8-5-13-17-12(3)18-20-13;/h11H,4-10H2,1-3H3,(H,15,16);1H. The highest BCUT2D eigenvalue weighted by Gasteiger charge is 2.18. The molecule has 0 bridgehead atoms. The van der Waals surface area contributed by atoms with Crippen LogP contribution >= 0.6 is 24.0 Å². The summed E-state index contributed by atoms with van der Waals surface area (Å²) in [5.41, 5.74) is 0. The van der Waals surface area contributed by atoms with E-state index in [9.17, 15) is 0 Å². The third kappa shape index (κ3) is 5.80. The number of halogens is 1. The maximum absolute atomic E-state index is 5.10. The Morgan fingerprint density at radius 2 is 2.14 bits per heavy atom. The van der Waals surface area contributed by atoms with Crippen molar-refractivity contribution in [3.05, 3.63) is 11.7 Å². The van der Waals surface area contributed by atoms with Crippen molar-refractivity contribution in [2.45, 2.75) is 40.0 Å². The maximum Gasteiger partial charge on any atom is 0.228 e. The maximum atomic E-state index is 5.10. The summed E-state index contributed by atoms with van der Waals surface area (Å²) >= 11 is 0. The minimum absolute atomic E-state index is 0. The molecule has 1 fully saturated rings. The van der Waals surface area contributed by atoms with Gasteiger partial charge in [0.2, 0.25) is 5.89 Å². The van der Waals surface area contributed by atoms with E-state index < -0.39 is 0 Å². The Kier molecular flexibility index (Phi) is 7.98. The molecule has 1 aliphatic heterocycles. The molecule has 120 valence electrons. The van der Waals surface area contributed by atoms with Gasteiger partial charge in [0.25, 0.3) is 0 Å². The summed E-state index contributed by atoms with van der Waals surface area (Å²) in [6, 6.07) is 0. The summed E-state index contributed by atoms with van der Waals surface area (Å²) in [6.07, 6.45) is 3.18. The van der Waals surface area contributed by atoms with E-state index in [0.717, 1.165) is 31.5 Å². The molecule has 1 aromatic rings. The zero-order chi connectivity index (χ0) is 14.4. The van der Waals surface area contributed by atoms with Crippen LogP contribution in [0.3, 0.4) is 0 Å². The monoisotopic (exact) mass is 407 g/mol. The van der Waals surface area contributed by atoms with E-state index in [-0.39, 0.29) is 24.0 Å². The Labute approximate surface area is 143 Å². The zero-order valence-electron chi connectivity index (χ0n) is 13.1. The Balaban J connectivity index is 0.00000220. The van der Waals surface area contributed by atoms with Gasteiger partial charge in [0, 0.05) is 26.1 Å². The van der Waals surface area contributed by atoms with Crippen molar-refractivity contribution in [2.75, 3.05) is 26.2 Å². The van der Waals surface area contributed by atoms with Crippen molar-refractivity contribution in [2.24, 2.45) is 10.9 Å². The van der Waals surface area contributed by atoms with Gasteiger partial charge in [0.1, 0.15) is 0 Å². The third-order valence-corrected chi connectivity index (χ3v) is 3.57. The van der Waals surface area contributed by atoms with E-state index in [1.807, 2.05) is 6.92 Å². The van der Waals surface area contributed by atoms with Gasteiger partial charge in [-0.2, -0.15) is 4.98 Å². The van der Waals surface area contributed by atoms with Gasteiger partial charge >= 0.3 is 0 Å². The second-order valence-electron chi connectivity index (χ2n) is 5.39. The number of guanidine groups is 1.